The molecule has 1 saturated carbocycles. The van der Waals surface area contributed by atoms with Crippen LogP contribution in [0.5, 0.6) is 0 Å². The number of amides is 2. The summed E-state index contributed by atoms with van der Waals surface area (Å²) < 4.78 is 13.0. The van der Waals surface area contributed by atoms with Gasteiger partial charge < -0.3 is 10.2 Å². The van der Waals surface area contributed by atoms with Gasteiger partial charge in [0, 0.05) is 31.5 Å². The second-order valence-electron chi connectivity index (χ2n) is 7.49. The second kappa shape index (κ2) is 7.51. The van der Waals surface area contributed by atoms with Gasteiger partial charge in [0.25, 0.3) is 0 Å². The Morgan fingerprint density at radius 1 is 1.00 bits per heavy atom. The Morgan fingerprint density at radius 3 is 2.37 bits per heavy atom. The third kappa shape index (κ3) is 4.02. The van der Waals surface area contributed by atoms with E-state index in [1.165, 1.54) is 12.1 Å². The Bertz CT molecular complexity index is 818. The molecule has 27 heavy (non-hydrogen) atoms. The number of nitrogens with zero attached hydrogens (tertiary/aromatic N) is 1. The molecule has 2 amide bonds. The molecule has 1 aliphatic carbocycles. The van der Waals surface area contributed by atoms with Gasteiger partial charge in [0.05, 0.1) is 5.92 Å². The quantitative estimate of drug-likeness (QED) is 0.884. The minimum Gasteiger partial charge on any atom is -0.352 e. The zero-order valence-electron chi connectivity index (χ0n) is 15.1. The van der Waals surface area contributed by atoms with E-state index in [0.29, 0.717) is 19.6 Å². The lowest BCUT2D eigenvalue weighted by atomic mass is 9.88. The fraction of sp³-hybridized carbons (Fsp3) is 0.364. The minimum atomic E-state index is -0.292. The van der Waals surface area contributed by atoms with Crippen LogP contribution < -0.4 is 5.32 Å². The van der Waals surface area contributed by atoms with E-state index in [2.05, 4.69) is 5.32 Å². The first-order chi connectivity index (χ1) is 13.1. The van der Waals surface area contributed by atoms with E-state index in [9.17, 15) is 14.0 Å². The summed E-state index contributed by atoms with van der Waals surface area (Å²) in [4.78, 5) is 27.3. The van der Waals surface area contributed by atoms with Gasteiger partial charge in [-0.05, 0) is 36.1 Å². The maximum absolute atomic E-state index is 13.0. The average molecular weight is 366 g/mol. The molecule has 0 unspecified atom stereocenters. The second-order valence-corrected chi connectivity index (χ2v) is 7.49. The Labute approximate surface area is 158 Å². The van der Waals surface area contributed by atoms with E-state index in [-0.39, 0.29) is 35.4 Å². The molecule has 2 aromatic rings. The molecule has 1 saturated heterocycles. The van der Waals surface area contributed by atoms with Crippen molar-refractivity contribution in [1.29, 1.82) is 0 Å². The van der Waals surface area contributed by atoms with Crippen molar-refractivity contribution >= 4 is 11.8 Å². The highest BCUT2D eigenvalue weighted by Crippen LogP contribution is 2.37. The van der Waals surface area contributed by atoms with Crippen LogP contribution >= 0.6 is 0 Å². The van der Waals surface area contributed by atoms with Crippen LogP contribution in [0.3, 0.4) is 0 Å². The standard InChI is InChI=1S/C22H23FN2O2/c23-18-10-6-15(7-11-18)12-24-21(26)20-14-25(22(27)17-8-9-17)13-19(20)16-4-2-1-3-5-16/h1-7,10-11,17,19-20H,8-9,12-14H2,(H,24,26)/t19-,20-/m1/s1. The largest absolute Gasteiger partial charge is 0.352 e. The zero-order valence-corrected chi connectivity index (χ0v) is 15.1. The summed E-state index contributed by atoms with van der Waals surface area (Å²) in [6.45, 7) is 1.41. The number of likely N-dealkylation sites (tertiary alicyclic amines) is 1. The predicted molar refractivity (Wildman–Crippen MR) is 100 cm³/mol. The van der Waals surface area contributed by atoms with Crippen LogP contribution in [0.25, 0.3) is 0 Å². The van der Waals surface area contributed by atoms with Crippen molar-refractivity contribution in [3.05, 3.63) is 71.5 Å². The van der Waals surface area contributed by atoms with Crippen molar-refractivity contribution in [2.24, 2.45) is 11.8 Å². The van der Waals surface area contributed by atoms with E-state index in [1.807, 2.05) is 35.2 Å². The average Bonchev–Trinajstić information content (AvgIpc) is 3.45. The number of hydrogen-bond donors (Lipinski definition) is 1. The number of nitrogens with one attached hydrogen (secondary N) is 1. The number of halogens is 1. The lowest BCUT2D eigenvalue weighted by Gasteiger charge is -2.18. The Morgan fingerprint density at radius 2 is 1.70 bits per heavy atom. The molecule has 2 atom stereocenters. The summed E-state index contributed by atoms with van der Waals surface area (Å²) in [5.74, 6) is -0.275. The van der Waals surface area contributed by atoms with Gasteiger partial charge >= 0.3 is 0 Å². The number of benzene rings is 2. The molecule has 0 bridgehead atoms. The molecule has 5 heteroatoms. The van der Waals surface area contributed by atoms with Gasteiger partial charge in [-0.2, -0.15) is 0 Å². The normalized spacial score (nSPS) is 21.9. The molecule has 140 valence electrons. The fourth-order valence-electron chi connectivity index (χ4n) is 3.80. The van der Waals surface area contributed by atoms with Crippen LogP contribution in [0, 0.1) is 17.7 Å². The monoisotopic (exact) mass is 366 g/mol. The smallest absolute Gasteiger partial charge is 0.225 e. The lowest BCUT2D eigenvalue weighted by Crippen LogP contribution is -2.35. The molecule has 4 nitrogen and oxygen atoms in total. The van der Waals surface area contributed by atoms with Gasteiger partial charge in [0.1, 0.15) is 5.82 Å². The molecule has 0 aromatic heterocycles. The summed E-state index contributed by atoms with van der Waals surface area (Å²) in [6.07, 6.45) is 1.93. The van der Waals surface area contributed by atoms with E-state index in [1.54, 1.807) is 12.1 Å². The predicted octanol–water partition coefficient (Wildman–Crippen LogP) is 3.09. The highest BCUT2D eigenvalue weighted by atomic mass is 19.1. The number of carbonyl (C=O) groups is 2. The summed E-state index contributed by atoms with van der Waals surface area (Å²) in [5, 5.41) is 2.97. The summed E-state index contributed by atoms with van der Waals surface area (Å²) in [6, 6.07) is 16.0. The summed E-state index contributed by atoms with van der Waals surface area (Å²) in [5.41, 5.74) is 1.94. The van der Waals surface area contributed by atoms with Crippen LogP contribution in [0.1, 0.15) is 29.9 Å². The molecule has 1 N–H and O–H groups in total. The van der Waals surface area contributed by atoms with E-state index < -0.39 is 0 Å². The molecule has 2 aliphatic rings. The van der Waals surface area contributed by atoms with Crippen molar-refractivity contribution < 1.29 is 14.0 Å². The molecule has 0 radical (unpaired) electrons. The third-order valence-corrected chi connectivity index (χ3v) is 5.50. The highest BCUT2D eigenvalue weighted by molar-refractivity contribution is 5.85. The zero-order chi connectivity index (χ0) is 18.8. The van der Waals surface area contributed by atoms with Crippen LogP contribution in [0.4, 0.5) is 4.39 Å². The van der Waals surface area contributed by atoms with Crippen LogP contribution in [0.2, 0.25) is 0 Å². The van der Waals surface area contributed by atoms with Crippen molar-refractivity contribution in [2.45, 2.75) is 25.3 Å². The lowest BCUT2D eigenvalue weighted by molar-refractivity contribution is -0.132. The Kier molecular flexibility index (Phi) is 4.92. The SMILES string of the molecule is O=C(NCc1ccc(F)cc1)[C@@H]1CN(C(=O)C2CC2)C[C@@H]1c1ccccc1. The Balaban J connectivity index is 1.47. The van der Waals surface area contributed by atoms with Gasteiger partial charge in [-0.25, -0.2) is 4.39 Å². The van der Waals surface area contributed by atoms with Gasteiger partial charge in [0.15, 0.2) is 0 Å². The molecule has 0 spiro atoms. The van der Waals surface area contributed by atoms with Crippen molar-refractivity contribution in [2.75, 3.05) is 13.1 Å². The number of hydrogen-bond acceptors (Lipinski definition) is 2. The topological polar surface area (TPSA) is 49.4 Å². The van der Waals surface area contributed by atoms with Crippen molar-refractivity contribution in [3.63, 3.8) is 0 Å². The molecule has 4 rings (SSSR count). The molecular weight excluding hydrogens is 343 g/mol. The van der Waals surface area contributed by atoms with Gasteiger partial charge in [-0.3, -0.25) is 9.59 Å². The van der Waals surface area contributed by atoms with Gasteiger partial charge in [-0.15, -0.1) is 0 Å². The maximum Gasteiger partial charge on any atom is 0.225 e. The first-order valence-corrected chi connectivity index (χ1v) is 9.47. The first-order valence-electron chi connectivity index (χ1n) is 9.47. The molecule has 1 aliphatic heterocycles. The molecule has 2 aromatic carbocycles. The van der Waals surface area contributed by atoms with Crippen LogP contribution in [-0.4, -0.2) is 29.8 Å². The fourth-order valence-corrected chi connectivity index (χ4v) is 3.80. The molecular formula is C22H23FN2O2. The maximum atomic E-state index is 13.0. The Hall–Kier alpha value is -2.69. The van der Waals surface area contributed by atoms with Gasteiger partial charge in [0.2, 0.25) is 11.8 Å². The minimum absolute atomic E-state index is 0.00196. The molecule has 1 heterocycles. The van der Waals surface area contributed by atoms with E-state index in [4.69, 9.17) is 0 Å². The number of carbonyl (C=O) groups excluding carboxylic acids is 2. The van der Waals surface area contributed by atoms with Gasteiger partial charge in [-0.1, -0.05) is 42.5 Å². The number of rotatable bonds is 5. The van der Waals surface area contributed by atoms with E-state index in [0.717, 1.165) is 24.0 Å². The highest BCUT2D eigenvalue weighted by Gasteiger charge is 2.43. The summed E-state index contributed by atoms with van der Waals surface area (Å²) >= 11 is 0. The van der Waals surface area contributed by atoms with Crippen LogP contribution in [-0.2, 0) is 16.1 Å². The van der Waals surface area contributed by atoms with Crippen molar-refractivity contribution in [1.82, 2.24) is 10.2 Å². The van der Waals surface area contributed by atoms with E-state index >= 15 is 0 Å². The van der Waals surface area contributed by atoms with Crippen molar-refractivity contribution in [3.8, 4) is 0 Å². The molecule has 2 fully saturated rings. The van der Waals surface area contributed by atoms with Crippen LogP contribution in [0.15, 0.2) is 54.6 Å². The third-order valence-electron chi connectivity index (χ3n) is 5.50. The first kappa shape index (κ1) is 17.7. The summed E-state index contributed by atoms with van der Waals surface area (Å²) in [7, 11) is 0.